The summed E-state index contributed by atoms with van der Waals surface area (Å²) < 4.78 is 5.22. The predicted octanol–water partition coefficient (Wildman–Crippen LogP) is 4.06. The van der Waals surface area contributed by atoms with E-state index in [0.29, 0.717) is 34.3 Å². The summed E-state index contributed by atoms with van der Waals surface area (Å²) in [5.74, 6) is 1.71. The van der Waals surface area contributed by atoms with E-state index >= 15 is 0 Å². The zero-order valence-electron chi connectivity index (χ0n) is 14.1. The molecule has 3 aromatic heterocycles. The standard InChI is InChI=1S/C17H17N3O3S2/c1-9-15(11(3)21)10(2)18-16(9)12(22)7-24-8-14-19-17(20-23-14)13-5-4-6-25-13/h4-6,18H,7-8H2,1-3H3. The van der Waals surface area contributed by atoms with Crippen molar-refractivity contribution in [2.75, 3.05) is 5.75 Å². The lowest BCUT2D eigenvalue weighted by Gasteiger charge is -2.00. The molecule has 3 aromatic rings. The van der Waals surface area contributed by atoms with Gasteiger partial charge in [-0.25, -0.2) is 0 Å². The van der Waals surface area contributed by atoms with Crippen molar-refractivity contribution in [1.29, 1.82) is 0 Å². The Balaban J connectivity index is 1.60. The second-order valence-electron chi connectivity index (χ2n) is 5.59. The number of nitrogens with one attached hydrogen (secondary N) is 1. The van der Waals surface area contributed by atoms with Gasteiger partial charge in [0.1, 0.15) is 0 Å². The van der Waals surface area contributed by atoms with Crippen molar-refractivity contribution in [2.45, 2.75) is 26.5 Å². The van der Waals surface area contributed by atoms with Gasteiger partial charge in [-0.3, -0.25) is 9.59 Å². The van der Waals surface area contributed by atoms with Crippen molar-refractivity contribution in [3.05, 3.63) is 45.9 Å². The molecule has 0 aromatic carbocycles. The van der Waals surface area contributed by atoms with Crippen LogP contribution in [0.5, 0.6) is 0 Å². The van der Waals surface area contributed by atoms with Gasteiger partial charge in [-0.2, -0.15) is 4.98 Å². The number of carbonyl (C=O) groups excluding carboxylic acids is 2. The Bertz CT molecular complexity index is 910. The van der Waals surface area contributed by atoms with E-state index in [1.165, 1.54) is 18.7 Å². The zero-order valence-corrected chi connectivity index (χ0v) is 15.7. The third kappa shape index (κ3) is 3.74. The van der Waals surface area contributed by atoms with Gasteiger partial charge in [0, 0.05) is 11.3 Å². The molecule has 0 saturated carbocycles. The fourth-order valence-corrected chi connectivity index (χ4v) is 4.05. The van der Waals surface area contributed by atoms with Crippen LogP contribution in [0.3, 0.4) is 0 Å². The van der Waals surface area contributed by atoms with Gasteiger partial charge in [0.2, 0.25) is 11.7 Å². The lowest BCUT2D eigenvalue weighted by atomic mass is 10.1. The van der Waals surface area contributed by atoms with Gasteiger partial charge >= 0.3 is 0 Å². The molecule has 3 heterocycles. The monoisotopic (exact) mass is 375 g/mol. The first-order valence-electron chi connectivity index (χ1n) is 7.65. The number of nitrogens with zero attached hydrogens (tertiary/aromatic N) is 2. The first kappa shape index (κ1) is 17.6. The Morgan fingerprint density at radius 3 is 2.80 bits per heavy atom. The van der Waals surface area contributed by atoms with Crippen LogP contribution in [0.4, 0.5) is 0 Å². The molecule has 0 aliphatic carbocycles. The van der Waals surface area contributed by atoms with E-state index < -0.39 is 0 Å². The van der Waals surface area contributed by atoms with Crippen LogP contribution in [0, 0.1) is 13.8 Å². The number of aromatic nitrogens is 3. The Hall–Kier alpha value is -2.19. The van der Waals surface area contributed by atoms with Crippen LogP contribution in [0.25, 0.3) is 10.7 Å². The molecule has 3 rings (SSSR count). The van der Waals surface area contributed by atoms with E-state index in [1.54, 1.807) is 25.2 Å². The number of carbonyl (C=O) groups is 2. The van der Waals surface area contributed by atoms with E-state index in [0.717, 1.165) is 10.6 Å². The molecule has 0 unspecified atom stereocenters. The highest BCUT2D eigenvalue weighted by molar-refractivity contribution is 7.99. The van der Waals surface area contributed by atoms with Crippen LogP contribution in [0.1, 0.15) is 44.9 Å². The van der Waals surface area contributed by atoms with Gasteiger partial charge in [-0.1, -0.05) is 11.2 Å². The van der Waals surface area contributed by atoms with E-state index in [-0.39, 0.29) is 17.3 Å². The Kier molecular flexibility index (Phi) is 5.19. The maximum absolute atomic E-state index is 12.4. The number of thiophene rings is 1. The number of hydrogen-bond acceptors (Lipinski definition) is 7. The van der Waals surface area contributed by atoms with Gasteiger partial charge in [0.15, 0.2) is 11.6 Å². The van der Waals surface area contributed by atoms with Crippen molar-refractivity contribution in [2.24, 2.45) is 0 Å². The van der Waals surface area contributed by atoms with Crippen LogP contribution >= 0.6 is 23.1 Å². The molecular formula is C17H17N3O3S2. The molecule has 6 nitrogen and oxygen atoms in total. The van der Waals surface area contributed by atoms with Gasteiger partial charge < -0.3 is 9.51 Å². The van der Waals surface area contributed by atoms with Crippen molar-refractivity contribution in [3.63, 3.8) is 0 Å². The van der Waals surface area contributed by atoms with E-state index in [4.69, 9.17) is 4.52 Å². The summed E-state index contributed by atoms with van der Waals surface area (Å²) in [5.41, 5.74) is 2.55. The number of Topliss-reactive ketones (excluding diaryl/α,β-unsaturated/α-hetero) is 2. The maximum Gasteiger partial charge on any atom is 0.236 e. The zero-order chi connectivity index (χ0) is 18.0. The van der Waals surface area contributed by atoms with Crippen molar-refractivity contribution in [3.8, 4) is 10.7 Å². The van der Waals surface area contributed by atoms with Crippen molar-refractivity contribution >= 4 is 34.7 Å². The van der Waals surface area contributed by atoms with Crippen LogP contribution in [0.2, 0.25) is 0 Å². The number of aromatic amines is 1. The molecule has 8 heteroatoms. The van der Waals surface area contributed by atoms with Crippen LogP contribution in [0.15, 0.2) is 22.0 Å². The molecule has 130 valence electrons. The molecule has 0 amide bonds. The average Bonchev–Trinajstić information content (AvgIpc) is 3.27. The SMILES string of the molecule is CC(=O)c1c(C)[nH]c(C(=O)CSCc2nc(-c3cccs3)no2)c1C. The Morgan fingerprint density at radius 2 is 2.16 bits per heavy atom. The highest BCUT2D eigenvalue weighted by Crippen LogP contribution is 2.24. The summed E-state index contributed by atoms with van der Waals surface area (Å²) in [6, 6.07) is 3.86. The number of hydrogen-bond donors (Lipinski definition) is 1. The summed E-state index contributed by atoms with van der Waals surface area (Å²) in [6.07, 6.45) is 0. The maximum atomic E-state index is 12.4. The molecular weight excluding hydrogens is 358 g/mol. The van der Waals surface area contributed by atoms with Crippen LogP contribution in [-0.2, 0) is 5.75 Å². The summed E-state index contributed by atoms with van der Waals surface area (Å²) >= 11 is 2.95. The third-order valence-electron chi connectivity index (χ3n) is 3.74. The minimum Gasteiger partial charge on any atom is -0.355 e. The number of aryl methyl sites for hydroxylation is 1. The third-order valence-corrected chi connectivity index (χ3v) is 5.52. The van der Waals surface area contributed by atoms with Gasteiger partial charge in [0.05, 0.1) is 22.1 Å². The summed E-state index contributed by atoms with van der Waals surface area (Å²) in [4.78, 5) is 32.4. The van der Waals surface area contributed by atoms with Gasteiger partial charge in [0.25, 0.3) is 0 Å². The molecule has 0 bridgehead atoms. The Morgan fingerprint density at radius 1 is 1.36 bits per heavy atom. The topological polar surface area (TPSA) is 88.9 Å². The minimum atomic E-state index is -0.0453. The molecule has 0 radical (unpaired) electrons. The first-order chi connectivity index (χ1) is 12.0. The molecule has 0 aliphatic rings. The lowest BCUT2D eigenvalue weighted by Crippen LogP contribution is -2.06. The largest absolute Gasteiger partial charge is 0.355 e. The second kappa shape index (κ2) is 7.37. The summed E-state index contributed by atoms with van der Waals surface area (Å²) in [6.45, 7) is 5.11. The Labute approximate surface area is 153 Å². The smallest absolute Gasteiger partial charge is 0.236 e. The van der Waals surface area contributed by atoms with E-state index in [2.05, 4.69) is 15.1 Å². The molecule has 1 N–H and O–H groups in total. The lowest BCUT2D eigenvalue weighted by molar-refractivity contribution is 0.101. The predicted molar refractivity (Wildman–Crippen MR) is 98.4 cm³/mol. The van der Waals surface area contributed by atoms with E-state index in [1.807, 2.05) is 17.5 Å². The molecule has 0 saturated heterocycles. The number of thioether (sulfide) groups is 1. The molecule has 0 spiro atoms. The molecule has 0 fully saturated rings. The van der Waals surface area contributed by atoms with Crippen LogP contribution < -0.4 is 0 Å². The minimum absolute atomic E-state index is 0.0371. The fraction of sp³-hybridized carbons (Fsp3) is 0.294. The number of ketones is 2. The number of H-pyrrole nitrogens is 1. The van der Waals surface area contributed by atoms with Gasteiger partial charge in [-0.15, -0.1) is 23.1 Å². The molecule has 25 heavy (non-hydrogen) atoms. The normalized spacial score (nSPS) is 11.0. The highest BCUT2D eigenvalue weighted by Gasteiger charge is 2.20. The number of rotatable bonds is 7. The fourth-order valence-electron chi connectivity index (χ4n) is 2.68. The van der Waals surface area contributed by atoms with Gasteiger partial charge in [-0.05, 0) is 37.8 Å². The molecule has 0 aliphatic heterocycles. The van der Waals surface area contributed by atoms with Crippen LogP contribution in [-0.4, -0.2) is 32.4 Å². The highest BCUT2D eigenvalue weighted by atomic mass is 32.2. The summed E-state index contributed by atoms with van der Waals surface area (Å²) in [7, 11) is 0. The van der Waals surface area contributed by atoms with E-state index in [9.17, 15) is 9.59 Å². The average molecular weight is 375 g/mol. The van der Waals surface area contributed by atoms with Crippen molar-refractivity contribution in [1.82, 2.24) is 15.1 Å². The summed E-state index contributed by atoms with van der Waals surface area (Å²) in [5, 5.41) is 5.90. The second-order valence-corrected chi connectivity index (χ2v) is 7.52. The van der Waals surface area contributed by atoms with Crippen molar-refractivity contribution < 1.29 is 14.1 Å². The quantitative estimate of drug-likeness (QED) is 0.626. The first-order valence-corrected chi connectivity index (χ1v) is 9.68. The molecule has 0 atom stereocenters.